The van der Waals surface area contributed by atoms with Crippen molar-refractivity contribution < 1.29 is 14.3 Å². The van der Waals surface area contributed by atoms with E-state index in [1.165, 1.54) is 0 Å². The first-order chi connectivity index (χ1) is 18.1. The van der Waals surface area contributed by atoms with Gasteiger partial charge in [0.2, 0.25) is 0 Å². The van der Waals surface area contributed by atoms with Crippen LogP contribution in [0, 0.1) is 0 Å². The zero-order valence-corrected chi connectivity index (χ0v) is 22.8. The molecule has 1 heterocycles. The van der Waals surface area contributed by atoms with Gasteiger partial charge in [0.15, 0.2) is 5.78 Å². The zero-order valence-electron chi connectivity index (χ0n) is 22.0. The molecule has 38 heavy (non-hydrogen) atoms. The van der Waals surface area contributed by atoms with E-state index in [1.807, 2.05) is 84.9 Å². The van der Waals surface area contributed by atoms with Gasteiger partial charge in [0.05, 0.1) is 13.1 Å². The molecular formula is C32H35ClN2O3. The number of nitrogens with zero attached hydrogens (tertiary/aromatic N) is 2. The summed E-state index contributed by atoms with van der Waals surface area (Å²) in [6.45, 7) is 8.26. The van der Waals surface area contributed by atoms with E-state index >= 15 is 0 Å². The summed E-state index contributed by atoms with van der Waals surface area (Å²) >= 11 is 0. The van der Waals surface area contributed by atoms with Crippen molar-refractivity contribution >= 4 is 36.2 Å². The van der Waals surface area contributed by atoms with Crippen LogP contribution in [0.25, 0.3) is 12.2 Å². The number of hydrogen-bond acceptors (Lipinski definition) is 4. The Kier molecular flexibility index (Phi) is 10.9. The molecule has 0 saturated carbocycles. The molecule has 1 aliphatic heterocycles. The number of ketones is 1. The van der Waals surface area contributed by atoms with Gasteiger partial charge in [-0.25, -0.2) is 0 Å². The largest absolute Gasteiger partial charge is 0.492 e. The lowest BCUT2D eigenvalue weighted by Crippen LogP contribution is -2.41. The molecule has 3 aromatic carbocycles. The molecule has 0 spiro atoms. The van der Waals surface area contributed by atoms with Crippen molar-refractivity contribution in [1.82, 2.24) is 9.80 Å². The highest BCUT2D eigenvalue weighted by atomic mass is 35.5. The Morgan fingerprint density at radius 1 is 0.816 bits per heavy atom. The summed E-state index contributed by atoms with van der Waals surface area (Å²) in [4.78, 5) is 30.9. The monoisotopic (exact) mass is 530 g/mol. The van der Waals surface area contributed by atoms with E-state index in [2.05, 4.69) is 18.7 Å². The molecule has 0 bridgehead atoms. The molecule has 0 radical (unpaired) electrons. The summed E-state index contributed by atoms with van der Waals surface area (Å²) < 4.78 is 5.87. The molecule has 1 aliphatic rings. The molecule has 1 fully saturated rings. The van der Waals surface area contributed by atoms with Gasteiger partial charge in [0.1, 0.15) is 12.4 Å². The van der Waals surface area contributed by atoms with Gasteiger partial charge < -0.3 is 14.5 Å². The van der Waals surface area contributed by atoms with Crippen LogP contribution in [0.3, 0.4) is 0 Å². The number of piperidine rings is 1. The van der Waals surface area contributed by atoms with Crippen molar-refractivity contribution in [2.45, 2.75) is 13.8 Å². The van der Waals surface area contributed by atoms with Gasteiger partial charge in [-0.2, -0.15) is 0 Å². The van der Waals surface area contributed by atoms with E-state index in [1.54, 1.807) is 17.0 Å². The first-order valence-corrected chi connectivity index (χ1v) is 12.9. The standard InChI is InChI=1S/C32H34N2O3.ClH/c1-3-33(4-2)19-20-37-30-17-15-27(16-18-30)32(36)34-23-28(21-25-11-7-5-8-12-25)31(35)29(24-34)22-26-13-9-6-10-14-26;/h5-18,21-22H,3-4,19-20,23-24H2,1-2H3;1H/b28-21+,29-22+;. The van der Waals surface area contributed by atoms with Crippen molar-refractivity contribution in [2.24, 2.45) is 0 Å². The molecule has 0 N–H and O–H groups in total. The first kappa shape index (κ1) is 28.9. The van der Waals surface area contributed by atoms with E-state index in [4.69, 9.17) is 4.74 Å². The fourth-order valence-corrected chi connectivity index (χ4v) is 4.39. The molecule has 0 aromatic heterocycles. The highest BCUT2D eigenvalue weighted by Gasteiger charge is 2.29. The lowest BCUT2D eigenvalue weighted by atomic mass is 9.93. The van der Waals surface area contributed by atoms with Crippen molar-refractivity contribution in [1.29, 1.82) is 0 Å². The highest BCUT2D eigenvalue weighted by Crippen LogP contribution is 2.24. The Morgan fingerprint density at radius 3 is 1.79 bits per heavy atom. The number of likely N-dealkylation sites (N-methyl/N-ethyl adjacent to an activating group) is 1. The van der Waals surface area contributed by atoms with E-state index in [-0.39, 0.29) is 37.2 Å². The molecular weight excluding hydrogens is 496 g/mol. The predicted molar refractivity (Wildman–Crippen MR) is 157 cm³/mol. The van der Waals surface area contributed by atoms with Crippen LogP contribution in [0.15, 0.2) is 96.1 Å². The predicted octanol–water partition coefficient (Wildman–Crippen LogP) is 6.02. The molecule has 198 valence electrons. The van der Waals surface area contributed by atoms with Crippen LogP contribution in [-0.2, 0) is 4.79 Å². The number of halogens is 1. The van der Waals surface area contributed by atoms with E-state index in [9.17, 15) is 9.59 Å². The van der Waals surface area contributed by atoms with Gasteiger partial charge in [-0.3, -0.25) is 9.59 Å². The number of benzene rings is 3. The second-order valence-corrected chi connectivity index (χ2v) is 9.05. The number of amides is 1. The summed E-state index contributed by atoms with van der Waals surface area (Å²) in [5.74, 6) is 0.612. The van der Waals surface area contributed by atoms with E-state index in [0.717, 1.165) is 36.5 Å². The van der Waals surface area contributed by atoms with Crippen molar-refractivity contribution in [3.63, 3.8) is 0 Å². The van der Waals surface area contributed by atoms with Crippen LogP contribution in [0.1, 0.15) is 35.3 Å². The number of Topliss-reactive ketones (excluding diaryl/α,β-unsaturated/α-hetero) is 1. The fourth-order valence-electron chi connectivity index (χ4n) is 4.39. The Bertz CT molecular complexity index is 1190. The first-order valence-electron chi connectivity index (χ1n) is 12.9. The molecule has 0 atom stereocenters. The van der Waals surface area contributed by atoms with E-state index < -0.39 is 0 Å². The molecule has 3 aromatic rings. The minimum atomic E-state index is -0.111. The van der Waals surface area contributed by atoms with Crippen LogP contribution in [0.4, 0.5) is 0 Å². The van der Waals surface area contributed by atoms with Gasteiger partial charge in [-0.1, -0.05) is 74.5 Å². The zero-order chi connectivity index (χ0) is 26.0. The third kappa shape index (κ3) is 7.67. The fraction of sp³-hybridized carbons (Fsp3) is 0.250. The van der Waals surface area contributed by atoms with Crippen LogP contribution < -0.4 is 4.74 Å². The summed E-state index contributed by atoms with van der Waals surface area (Å²) in [5.41, 5.74) is 3.65. The third-order valence-corrected chi connectivity index (χ3v) is 6.55. The Labute approximate surface area is 231 Å². The Hall–Kier alpha value is -3.67. The Balaban J connectivity index is 0.00000400. The summed E-state index contributed by atoms with van der Waals surface area (Å²) in [5, 5.41) is 0. The molecule has 1 amide bonds. The van der Waals surface area contributed by atoms with Gasteiger partial charge in [0, 0.05) is 23.3 Å². The highest BCUT2D eigenvalue weighted by molar-refractivity contribution is 6.15. The smallest absolute Gasteiger partial charge is 0.254 e. The third-order valence-electron chi connectivity index (χ3n) is 6.55. The number of carbonyl (C=O) groups is 2. The Morgan fingerprint density at radius 2 is 1.32 bits per heavy atom. The minimum Gasteiger partial charge on any atom is -0.492 e. The maximum Gasteiger partial charge on any atom is 0.254 e. The maximum absolute atomic E-state index is 13.5. The average Bonchev–Trinajstić information content (AvgIpc) is 2.94. The van der Waals surface area contributed by atoms with Gasteiger partial charge in [-0.15, -0.1) is 12.4 Å². The van der Waals surface area contributed by atoms with Gasteiger partial charge in [-0.05, 0) is 60.6 Å². The molecule has 0 aliphatic carbocycles. The van der Waals surface area contributed by atoms with Crippen LogP contribution in [0.5, 0.6) is 5.75 Å². The summed E-state index contributed by atoms with van der Waals surface area (Å²) in [7, 11) is 0. The lowest BCUT2D eigenvalue weighted by molar-refractivity contribution is -0.113. The van der Waals surface area contributed by atoms with Crippen molar-refractivity contribution in [3.05, 3.63) is 113 Å². The van der Waals surface area contributed by atoms with Gasteiger partial charge in [0.25, 0.3) is 5.91 Å². The van der Waals surface area contributed by atoms with Crippen molar-refractivity contribution in [3.8, 4) is 5.75 Å². The van der Waals surface area contributed by atoms with Crippen LogP contribution in [0.2, 0.25) is 0 Å². The van der Waals surface area contributed by atoms with E-state index in [0.29, 0.717) is 23.3 Å². The molecule has 1 saturated heterocycles. The molecule has 6 heteroatoms. The quantitative estimate of drug-likeness (QED) is 0.317. The van der Waals surface area contributed by atoms with Gasteiger partial charge >= 0.3 is 0 Å². The van der Waals surface area contributed by atoms with Crippen LogP contribution in [-0.4, -0.2) is 60.8 Å². The summed E-state index contributed by atoms with van der Waals surface area (Å²) in [6.07, 6.45) is 3.76. The number of carbonyl (C=O) groups excluding carboxylic acids is 2. The molecule has 5 nitrogen and oxygen atoms in total. The number of ether oxygens (including phenoxy) is 1. The second-order valence-electron chi connectivity index (χ2n) is 9.05. The maximum atomic E-state index is 13.5. The van der Waals surface area contributed by atoms with Crippen molar-refractivity contribution in [2.75, 3.05) is 39.3 Å². The topological polar surface area (TPSA) is 49.9 Å². The lowest BCUT2D eigenvalue weighted by Gasteiger charge is -2.30. The minimum absolute atomic E-state index is 0. The van der Waals surface area contributed by atoms with Crippen LogP contribution >= 0.6 is 12.4 Å². The number of rotatable bonds is 9. The number of likely N-dealkylation sites (tertiary alicyclic amines) is 1. The normalized spacial score (nSPS) is 15.6. The number of hydrogen-bond donors (Lipinski definition) is 0. The SMILES string of the molecule is CCN(CC)CCOc1ccc(C(=O)N2C/C(=C\c3ccccc3)C(=O)/C(=C/c3ccccc3)C2)cc1.Cl. The average molecular weight is 531 g/mol. The molecule has 0 unspecified atom stereocenters. The second kappa shape index (κ2) is 14.3. The molecule has 4 rings (SSSR count). The summed E-state index contributed by atoms with van der Waals surface area (Å²) in [6, 6.07) is 26.8.